The van der Waals surface area contributed by atoms with Crippen LogP contribution in [0, 0.1) is 6.92 Å². The highest BCUT2D eigenvalue weighted by molar-refractivity contribution is 5.51. The Morgan fingerprint density at radius 1 is 1.33 bits per heavy atom. The molecule has 0 saturated carbocycles. The molecular formula is C16H28N2. The van der Waals surface area contributed by atoms with E-state index < -0.39 is 0 Å². The van der Waals surface area contributed by atoms with Crippen LogP contribution in [0.25, 0.3) is 0 Å². The van der Waals surface area contributed by atoms with Crippen molar-refractivity contribution in [1.82, 2.24) is 5.32 Å². The zero-order valence-electron chi connectivity index (χ0n) is 12.7. The minimum atomic E-state index is 0.136. The van der Waals surface area contributed by atoms with E-state index in [1.54, 1.807) is 0 Å². The van der Waals surface area contributed by atoms with Crippen molar-refractivity contribution in [3.05, 3.63) is 29.8 Å². The molecule has 0 aromatic heterocycles. The lowest BCUT2D eigenvalue weighted by atomic mass is 9.87. The lowest BCUT2D eigenvalue weighted by molar-refractivity contribution is 0.317. The van der Waals surface area contributed by atoms with Gasteiger partial charge in [-0.05, 0) is 58.9 Å². The normalized spacial score (nSPS) is 16.1. The number of benzene rings is 1. The average Bonchev–Trinajstić information content (AvgIpc) is 2.38. The zero-order valence-corrected chi connectivity index (χ0v) is 12.7. The van der Waals surface area contributed by atoms with E-state index in [0.29, 0.717) is 6.04 Å². The first kappa shape index (κ1) is 15.0. The van der Waals surface area contributed by atoms with Gasteiger partial charge in [0.25, 0.3) is 0 Å². The molecule has 0 amide bonds. The molecule has 2 nitrogen and oxygen atoms in total. The highest BCUT2D eigenvalue weighted by atomic mass is 15.2. The molecule has 1 aromatic carbocycles. The van der Waals surface area contributed by atoms with Crippen molar-refractivity contribution in [1.29, 1.82) is 0 Å². The van der Waals surface area contributed by atoms with Crippen LogP contribution in [0.3, 0.4) is 0 Å². The number of rotatable bonds is 6. The van der Waals surface area contributed by atoms with Gasteiger partial charge in [-0.1, -0.05) is 19.1 Å². The van der Waals surface area contributed by atoms with Gasteiger partial charge in [0.05, 0.1) is 5.54 Å². The van der Waals surface area contributed by atoms with E-state index >= 15 is 0 Å². The number of likely N-dealkylation sites (N-methyl/N-ethyl adjacent to an activating group) is 2. The van der Waals surface area contributed by atoms with Gasteiger partial charge in [0.15, 0.2) is 0 Å². The number of hydrogen-bond acceptors (Lipinski definition) is 2. The number of nitrogens with zero attached hydrogens (tertiary/aromatic N) is 1. The van der Waals surface area contributed by atoms with E-state index in [1.165, 1.54) is 11.3 Å². The van der Waals surface area contributed by atoms with Crippen molar-refractivity contribution in [2.45, 2.75) is 52.6 Å². The third kappa shape index (κ3) is 2.86. The molecule has 0 spiro atoms. The predicted molar refractivity (Wildman–Crippen MR) is 81.4 cm³/mol. The standard InChI is InChI=1S/C16H28N2/c1-7-16(5,14(4)17-6)18(8-2)15-11-9-10-13(3)12-15/h9-12,14,17H,7-8H2,1-6H3. The van der Waals surface area contributed by atoms with Gasteiger partial charge in [-0.15, -0.1) is 0 Å². The van der Waals surface area contributed by atoms with E-state index in [-0.39, 0.29) is 5.54 Å². The van der Waals surface area contributed by atoms with E-state index in [9.17, 15) is 0 Å². The number of anilines is 1. The Balaban J connectivity index is 3.15. The topological polar surface area (TPSA) is 15.3 Å². The summed E-state index contributed by atoms with van der Waals surface area (Å²) in [6.45, 7) is 12.3. The van der Waals surface area contributed by atoms with Gasteiger partial charge < -0.3 is 10.2 Å². The third-order valence-electron chi connectivity index (χ3n) is 4.33. The molecule has 0 saturated heterocycles. The van der Waals surface area contributed by atoms with Gasteiger partial charge in [0, 0.05) is 18.3 Å². The van der Waals surface area contributed by atoms with Gasteiger partial charge in [-0.25, -0.2) is 0 Å². The lowest BCUT2D eigenvalue weighted by Gasteiger charge is -2.46. The molecule has 0 aliphatic heterocycles. The number of nitrogens with one attached hydrogen (secondary N) is 1. The van der Waals surface area contributed by atoms with Crippen molar-refractivity contribution in [3.63, 3.8) is 0 Å². The van der Waals surface area contributed by atoms with Crippen LogP contribution < -0.4 is 10.2 Å². The summed E-state index contributed by atoms with van der Waals surface area (Å²) in [4.78, 5) is 2.52. The molecule has 18 heavy (non-hydrogen) atoms. The summed E-state index contributed by atoms with van der Waals surface area (Å²) in [5.74, 6) is 0. The summed E-state index contributed by atoms with van der Waals surface area (Å²) in [6.07, 6.45) is 1.12. The second-order valence-corrected chi connectivity index (χ2v) is 5.30. The fourth-order valence-corrected chi connectivity index (χ4v) is 2.68. The minimum absolute atomic E-state index is 0.136. The first-order chi connectivity index (χ1) is 8.49. The van der Waals surface area contributed by atoms with Crippen LogP contribution in [0.1, 0.15) is 39.7 Å². The molecule has 2 unspecified atom stereocenters. The Morgan fingerprint density at radius 3 is 2.44 bits per heavy atom. The second kappa shape index (κ2) is 6.24. The number of aryl methyl sites for hydroxylation is 1. The molecule has 1 rings (SSSR count). The van der Waals surface area contributed by atoms with Gasteiger partial charge in [0.1, 0.15) is 0 Å². The molecule has 102 valence electrons. The summed E-state index contributed by atoms with van der Waals surface area (Å²) in [5, 5.41) is 3.41. The molecule has 0 aliphatic carbocycles. The Kier molecular flexibility index (Phi) is 5.21. The summed E-state index contributed by atoms with van der Waals surface area (Å²) in [7, 11) is 2.04. The van der Waals surface area contributed by atoms with E-state index in [0.717, 1.165) is 13.0 Å². The molecule has 0 aliphatic rings. The Hall–Kier alpha value is -1.02. The Morgan fingerprint density at radius 2 is 2.00 bits per heavy atom. The molecule has 0 fully saturated rings. The smallest absolute Gasteiger partial charge is 0.0521 e. The molecule has 0 bridgehead atoms. The lowest BCUT2D eigenvalue weighted by Crippen LogP contribution is -2.57. The quantitative estimate of drug-likeness (QED) is 0.827. The van der Waals surface area contributed by atoms with Crippen LogP contribution >= 0.6 is 0 Å². The number of hydrogen-bond donors (Lipinski definition) is 1. The fraction of sp³-hybridized carbons (Fsp3) is 0.625. The van der Waals surface area contributed by atoms with Crippen LogP contribution in [0.4, 0.5) is 5.69 Å². The Labute approximate surface area is 112 Å². The maximum absolute atomic E-state index is 3.41. The van der Waals surface area contributed by atoms with Gasteiger partial charge >= 0.3 is 0 Å². The van der Waals surface area contributed by atoms with Crippen LogP contribution in [0.15, 0.2) is 24.3 Å². The van der Waals surface area contributed by atoms with Crippen LogP contribution in [0.5, 0.6) is 0 Å². The first-order valence-corrected chi connectivity index (χ1v) is 7.01. The maximum atomic E-state index is 3.41. The largest absolute Gasteiger partial charge is 0.365 e. The third-order valence-corrected chi connectivity index (χ3v) is 4.33. The SMILES string of the molecule is CCN(c1cccc(C)c1)C(C)(CC)C(C)NC. The van der Waals surface area contributed by atoms with Gasteiger partial charge in [-0.2, -0.15) is 0 Å². The van der Waals surface area contributed by atoms with E-state index in [1.807, 2.05) is 7.05 Å². The minimum Gasteiger partial charge on any atom is -0.365 e. The molecule has 1 aromatic rings. The first-order valence-electron chi connectivity index (χ1n) is 7.01. The van der Waals surface area contributed by atoms with E-state index in [4.69, 9.17) is 0 Å². The molecule has 0 heterocycles. The maximum Gasteiger partial charge on any atom is 0.0521 e. The summed E-state index contributed by atoms with van der Waals surface area (Å²) in [5.41, 5.74) is 2.78. The second-order valence-electron chi connectivity index (χ2n) is 5.30. The fourth-order valence-electron chi connectivity index (χ4n) is 2.68. The van der Waals surface area contributed by atoms with Crippen LogP contribution in [-0.4, -0.2) is 25.2 Å². The zero-order chi connectivity index (χ0) is 13.8. The van der Waals surface area contributed by atoms with Crippen LogP contribution in [-0.2, 0) is 0 Å². The highest BCUT2D eigenvalue weighted by Gasteiger charge is 2.34. The predicted octanol–water partition coefficient (Wildman–Crippen LogP) is 3.60. The molecule has 1 N–H and O–H groups in total. The highest BCUT2D eigenvalue weighted by Crippen LogP contribution is 2.30. The summed E-state index contributed by atoms with van der Waals surface area (Å²) >= 11 is 0. The molecule has 2 heteroatoms. The van der Waals surface area contributed by atoms with Gasteiger partial charge in [-0.3, -0.25) is 0 Å². The molecule has 2 atom stereocenters. The molecule has 0 radical (unpaired) electrons. The molecular weight excluding hydrogens is 220 g/mol. The van der Waals surface area contributed by atoms with Crippen molar-refractivity contribution in [2.24, 2.45) is 0 Å². The van der Waals surface area contributed by atoms with Crippen molar-refractivity contribution < 1.29 is 0 Å². The Bertz CT molecular complexity index is 375. The van der Waals surface area contributed by atoms with Crippen molar-refractivity contribution in [2.75, 3.05) is 18.5 Å². The summed E-state index contributed by atoms with van der Waals surface area (Å²) < 4.78 is 0. The van der Waals surface area contributed by atoms with Crippen molar-refractivity contribution in [3.8, 4) is 0 Å². The monoisotopic (exact) mass is 248 g/mol. The van der Waals surface area contributed by atoms with Gasteiger partial charge in [0.2, 0.25) is 0 Å². The van der Waals surface area contributed by atoms with E-state index in [2.05, 4.69) is 69.1 Å². The van der Waals surface area contributed by atoms with Crippen molar-refractivity contribution >= 4 is 5.69 Å². The summed E-state index contributed by atoms with van der Waals surface area (Å²) in [6, 6.07) is 9.24. The average molecular weight is 248 g/mol. The van der Waals surface area contributed by atoms with Crippen LogP contribution in [0.2, 0.25) is 0 Å².